The van der Waals surface area contributed by atoms with Gasteiger partial charge in [0.25, 0.3) is 0 Å². The highest BCUT2D eigenvalue weighted by Crippen LogP contribution is 2.22. The van der Waals surface area contributed by atoms with Gasteiger partial charge in [-0.25, -0.2) is 0 Å². The average Bonchev–Trinajstić information content (AvgIpc) is 1.99. The molecule has 0 aromatic rings. The molecule has 0 radical (unpaired) electrons. The second-order valence-electron chi connectivity index (χ2n) is 2.11. The Morgan fingerprint density at radius 3 is 2.64 bits per heavy atom. The van der Waals surface area contributed by atoms with Crippen molar-refractivity contribution in [3.63, 3.8) is 0 Å². The number of hydrogen-bond donors (Lipinski definition) is 0. The summed E-state index contributed by atoms with van der Waals surface area (Å²) < 4.78 is 21.1. The van der Waals surface area contributed by atoms with Gasteiger partial charge in [0.2, 0.25) is 0 Å². The molecule has 0 aliphatic rings. The second-order valence-corrected chi connectivity index (χ2v) is 5.16. The first kappa shape index (κ1) is 11.4. The predicted octanol–water partition coefficient (Wildman–Crippen LogP) is 1.04. The van der Waals surface area contributed by atoms with Gasteiger partial charge < -0.3 is 8.95 Å². The first-order chi connectivity index (χ1) is 5.31. The third-order valence-electron chi connectivity index (χ3n) is 1.18. The summed E-state index contributed by atoms with van der Waals surface area (Å²) in [7, 11) is -2.12. The average molecular weight is 196 g/mol. The molecule has 0 fully saturated rings. The Hall–Kier alpha value is 0.367. The molecule has 1 unspecified atom stereocenters. The van der Waals surface area contributed by atoms with Crippen LogP contribution in [0.15, 0.2) is 0 Å². The molecule has 68 valence electrons. The highest BCUT2D eigenvalue weighted by Gasteiger charge is 1.97. The van der Waals surface area contributed by atoms with Crippen molar-refractivity contribution in [1.82, 2.24) is 0 Å². The van der Waals surface area contributed by atoms with Crippen LogP contribution >= 0.6 is 8.03 Å². The Labute approximate surface area is 71.3 Å². The topological polar surface area (TPSA) is 35.5 Å². The van der Waals surface area contributed by atoms with Crippen molar-refractivity contribution >= 4 is 17.8 Å². The van der Waals surface area contributed by atoms with Crippen LogP contribution in [-0.4, -0.2) is 29.1 Å². The fourth-order valence-corrected chi connectivity index (χ4v) is 3.39. The zero-order chi connectivity index (χ0) is 8.53. The number of hydrogen-bond acceptors (Lipinski definition) is 3. The van der Waals surface area contributed by atoms with E-state index in [1.165, 1.54) is 0 Å². The standard InChI is InChI=1S/C6H17O3PSi/c1-3-8-10(7)5-6-11-9-4-2/h10H,3-6,11H2,1-2H3. The highest BCUT2D eigenvalue weighted by atomic mass is 31.1. The Kier molecular flexibility index (Phi) is 8.75. The van der Waals surface area contributed by atoms with Gasteiger partial charge in [0.05, 0.1) is 6.61 Å². The lowest BCUT2D eigenvalue weighted by molar-refractivity contribution is 0.347. The maximum atomic E-state index is 10.9. The van der Waals surface area contributed by atoms with Crippen molar-refractivity contribution in [3.05, 3.63) is 0 Å². The molecule has 0 spiro atoms. The van der Waals surface area contributed by atoms with E-state index in [-0.39, 0.29) is 0 Å². The summed E-state index contributed by atoms with van der Waals surface area (Å²) in [5, 5.41) is 0. The smallest absolute Gasteiger partial charge is 0.191 e. The summed E-state index contributed by atoms with van der Waals surface area (Å²) >= 11 is 0. The lowest BCUT2D eigenvalue weighted by Crippen LogP contribution is -1.98. The molecule has 0 aromatic heterocycles. The van der Waals surface area contributed by atoms with Crippen LogP contribution in [0.3, 0.4) is 0 Å². The molecule has 0 saturated carbocycles. The van der Waals surface area contributed by atoms with E-state index >= 15 is 0 Å². The molecular weight excluding hydrogens is 179 g/mol. The molecular formula is C6H17O3PSi. The van der Waals surface area contributed by atoms with Crippen LogP contribution in [0.1, 0.15) is 13.8 Å². The van der Waals surface area contributed by atoms with Gasteiger partial charge in [0, 0.05) is 12.8 Å². The molecule has 1 atom stereocenters. The lowest BCUT2D eigenvalue weighted by atomic mass is 10.9. The van der Waals surface area contributed by atoms with Crippen molar-refractivity contribution in [3.8, 4) is 0 Å². The molecule has 0 aliphatic carbocycles. The summed E-state index contributed by atoms with van der Waals surface area (Å²) in [6.45, 7) is 5.21. The molecule has 0 aliphatic heterocycles. The van der Waals surface area contributed by atoms with E-state index in [4.69, 9.17) is 8.95 Å². The van der Waals surface area contributed by atoms with E-state index in [0.717, 1.165) is 12.7 Å². The first-order valence-electron chi connectivity index (χ1n) is 4.04. The van der Waals surface area contributed by atoms with E-state index in [1.54, 1.807) is 0 Å². The largest absolute Gasteiger partial charge is 0.424 e. The van der Waals surface area contributed by atoms with Gasteiger partial charge >= 0.3 is 0 Å². The Morgan fingerprint density at radius 2 is 2.09 bits per heavy atom. The van der Waals surface area contributed by atoms with Crippen LogP contribution < -0.4 is 0 Å². The van der Waals surface area contributed by atoms with E-state index in [9.17, 15) is 4.57 Å². The highest BCUT2D eigenvalue weighted by molar-refractivity contribution is 7.39. The third-order valence-corrected chi connectivity index (χ3v) is 4.60. The van der Waals surface area contributed by atoms with Crippen molar-refractivity contribution in [2.45, 2.75) is 19.9 Å². The monoisotopic (exact) mass is 196 g/mol. The summed E-state index contributed by atoms with van der Waals surface area (Å²) in [6, 6.07) is 0.978. The van der Waals surface area contributed by atoms with E-state index < -0.39 is 17.8 Å². The Balaban J connectivity index is 3.04. The second kappa shape index (κ2) is 8.46. The minimum absolute atomic E-state index is 0.403. The Morgan fingerprint density at radius 1 is 1.36 bits per heavy atom. The van der Waals surface area contributed by atoms with Crippen LogP contribution in [0.5, 0.6) is 0 Å². The minimum atomic E-state index is -1.72. The maximum Gasteiger partial charge on any atom is 0.191 e. The summed E-state index contributed by atoms with van der Waals surface area (Å²) in [6.07, 6.45) is 0.713. The lowest BCUT2D eigenvalue weighted by Gasteiger charge is -2.00. The van der Waals surface area contributed by atoms with Crippen molar-refractivity contribution in [2.24, 2.45) is 0 Å². The summed E-state index contributed by atoms with van der Waals surface area (Å²) in [5.74, 6) is 0. The van der Waals surface area contributed by atoms with Gasteiger partial charge in [-0.05, 0) is 19.9 Å². The Bertz CT molecular complexity index is 110. The van der Waals surface area contributed by atoms with E-state index in [0.29, 0.717) is 12.8 Å². The molecule has 3 nitrogen and oxygen atoms in total. The minimum Gasteiger partial charge on any atom is -0.424 e. The van der Waals surface area contributed by atoms with Crippen molar-refractivity contribution in [1.29, 1.82) is 0 Å². The predicted molar refractivity (Wildman–Crippen MR) is 50.5 cm³/mol. The summed E-state index contributed by atoms with van der Waals surface area (Å²) in [4.78, 5) is 0. The fraction of sp³-hybridized carbons (Fsp3) is 1.00. The normalized spacial score (nSPS) is 14.4. The fourth-order valence-electron chi connectivity index (χ4n) is 0.696. The molecule has 0 heterocycles. The van der Waals surface area contributed by atoms with Crippen LogP contribution in [0.25, 0.3) is 0 Å². The first-order valence-corrected chi connectivity index (χ1v) is 7.14. The van der Waals surface area contributed by atoms with Gasteiger partial charge in [0.15, 0.2) is 17.8 Å². The van der Waals surface area contributed by atoms with Crippen molar-refractivity contribution < 1.29 is 13.5 Å². The molecule has 0 bridgehead atoms. The SMILES string of the molecule is CCO[SiH2]CC[PH](=O)OCC. The van der Waals surface area contributed by atoms with Crippen LogP contribution in [0.4, 0.5) is 0 Å². The van der Waals surface area contributed by atoms with Gasteiger partial charge in [0.1, 0.15) is 0 Å². The molecule has 0 amide bonds. The maximum absolute atomic E-state index is 10.9. The van der Waals surface area contributed by atoms with Gasteiger partial charge in [-0.3, -0.25) is 4.57 Å². The molecule has 0 saturated heterocycles. The quantitative estimate of drug-likeness (QED) is 0.347. The van der Waals surface area contributed by atoms with Gasteiger partial charge in [-0.2, -0.15) is 0 Å². The molecule has 0 aromatic carbocycles. The van der Waals surface area contributed by atoms with Crippen molar-refractivity contribution in [2.75, 3.05) is 19.4 Å². The molecule has 5 heteroatoms. The van der Waals surface area contributed by atoms with Crippen LogP contribution in [0.2, 0.25) is 6.04 Å². The third kappa shape index (κ3) is 8.27. The molecule has 11 heavy (non-hydrogen) atoms. The zero-order valence-electron chi connectivity index (χ0n) is 7.26. The number of rotatable bonds is 7. The van der Waals surface area contributed by atoms with Crippen LogP contribution in [0, 0.1) is 0 Å². The summed E-state index contributed by atoms with van der Waals surface area (Å²) in [5.41, 5.74) is 0. The van der Waals surface area contributed by atoms with E-state index in [2.05, 4.69) is 0 Å². The van der Waals surface area contributed by atoms with Crippen LogP contribution in [-0.2, 0) is 13.5 Å². The molecule has 0 N–H and O–H groups in total. The van der Waals surface area contributed by atoms with Gasteiger partial charge in [-0.1, -0.05) is 0 Å². The van der Waals surface area contributed by atoms with Gasteiger partial charge in [-0.15, -0.1) is 0 Å². The van der Waals surface area contributed by atoms with E-state index in [1.807, 2.05) is 13.8 Å². The zero-order valence-corrected chi connectivity index (χ0v) is 9.67. The molecule has 0 rings (SSSR count).